The highest BCUT2D eigenvalue weighted by molar-refractivity contribution is 8.93. The second-order valence-electron chi connectivity index (χ2n) is 9.33. The van der Waals surface area contributed by atoms with E-state index in [1.807, 2.05) is 0 Å². The van der Waals surface area contributed by atoms with Crippen molar-refractivity contribution in [2.75, 3.05) is 0 Å². The van der Waals surface area contributed by atoms with Crippen molar-refractivity contribution in [1.82, 2.24) is 4.57 Å². The molecule has 0 atom stereocenters. The number of unbranched alkanes of at least 4 members (excludes halogenated alkanes) is 11. The molecule has 29 heavy (non-hydrogen) atoms. The Morgan fingerprint density at radius 3 is 1.66 bits per heavy atom. The van der Waals surface area contributed by atoms with Gasteiger partial charge in [0.05, 0.1) is 5.36 Å². The van der Waals surface area contributed by atoms with Crippen molar-refractivity contribution in [3.05, 3.63) is 27.9 Å². The Kier molecular flexibility index (Phi) is 11.6. The minimum absolute atomic E-state index is 0. The van der Waals surface area contributed by atoms with Gasteiger partial charge in [0.15, 0.2) is 0 Å². The molecule has 3 heteroatoms. The van der Waals surface area contributed by atoms with Crippen molar-refractivity contribution in [2.45, 2.75) is 135 Å². The highest BCUT2D eigenvalue weighted by Gasteiger charge is 2.24. The molecule has 0 aromatic carbocycles. The fourth-order valence-electron chi connectivity index (χ4n) is 5.48. The molecule has 0 amide bonds. The van der Waals surface area contributed by atoms with Crippen LogP contribution in [0.5, 0.6) is 0 Å². The van der Waals surface area contributed by atoms with E-state index in [-0.39, 0.29) is 17.0 Å². The first kappa shape index (κ1) is 24.7. The molecule has 3 rings (SSSR count). The first-order valence-corrected chi connectivity index (χ1v) is 12.6. The smallest absolute Gasteiger partial charge is 0.0638 e. The number of hydrogen-bond donors (Lipinski definition) is 1. The molecule has 1 heterocycles. The summed E-state index contributed by atoms with van der Waals surface area (Å²) >= 11 is 0. The number of aromatic nitrogens is 1. The molecule has 1 aromatic rings. The zero-order valence-corrected chi connectivity index (χ0v) is 20.7. The van der Waals surface area contributed by atoms with Gasteiger partial charge in [0, 0.05) is 17.9 Å². The van der Waals surface area contributed by atoms with E-state index < -0.39 is 0 Å². The van der Waals surface area contributed by atoms with Crippen LogP contribution in [0, 0.1) is 5.41 Å². The lowest BCUT2D eigenvalue weighted by molar-refractivity contribution is 0.505. The summed E-state index contributed by atoms with van der Waals surface area (Å²) in [4.78, 5) is 0. The quantitative estimate of drug-likeness (QED) is 0.291. The molecule has 0 saturated carbocycles. The minimum atomic E-state index is 0. The number of fused-ring (bicyclic) bond motifs is 2. The van der Waals surface area contributed by atoms with E-state index >= 15 is 0 Å². The van der Waals surface area contributed by atoms with Gasteiger partial charge >= 0.3 is 0 Å². The van der Waals surface area contributed by atoms with E-state index in [1.165, 1.54) is 133 Å². The Bertz CT molecular complexity index is 662. The van der Waals surface area contributed by atoms with Crippen molar-refractivity contribution < 1.29 is 0 Å². The Morgan fingerprint density at radius 1 is 0.621 bits per heavy atom. The zero-order valence-electron chi connectivity index (χ0n) is 19.0. The maximum atomic E-state index is 8.66. The molecule has 2 nitrogen and oxygen atoms in total. The Labute approximate surface area is 190 Å². The summed E-state index contributed by atoms with van der Waals surface area (Å²) in [6, 6.07) is 0. The zero-order chi connectivity index (χ0) is 19.6. The summed E-state index contributed by atoms with van der Waals surface area (Å²) < 4.78 is 2.69. The van der Waals surface area contributed by atoms with Crippen LogP contribution in [-0.2, 0) is 32.2 Å². The van der Waals surface area contributed by atoms with Gasteiger partial charge in [-0.05, 0) is 62.5 Å². The van der Waals surface area contributed by atoms with Crippen molar-refractivity contribution in [1.29, 1.82) is 5.41 Å². The number of nitrogens with one attached hydrogen (secondary N) is 1. The van der Waals surface area contributed by atoms with Gasteiger partial charge in [-0.2, -0.15) is 0 Å². The maximum Gasteiger partial charge on any atom is 0.0638 e. The monoisotopic (exact) mass is 464 g/mol. The molecule has 2 aliphatic carbocycles. The van der Waals surface area contributed by atoms with E-state index in [1.54, 1.807) is 5.69 Å². The Morgan fingerprint density at radius 2 is 1.07 bits per heavy atom. The van der Waals surface area contributed by atoms with Gasteiger partial charge in [0.1, 0.15) is 0 Å². The van der Waals surface area contributed by atoms with E-state index in [0.717, 1.165) is 18.2 Å². The van der Waals surface area contributed by atoms with Crippen molar-refractivity contribution in [2.24, 2.45) is 0 Å². The summed E-state index contributed by atoms with van der Waals surface area (Å²) in [6.07, 6.45) is 25.7. The molecule has 0 aliphatic heterocycles. The van der Waals surface area contributed by atoms with E-state index in [9.17, 15) is 0 Å². The van der Waals surface area contributed by atoms with Gasteiger partial charge in [-0.1, -0.05) is 77.6 Å². The molecule has 0 fully saturated rings. The van der Waals surface area contributed by atoms with Gasteiger partial charge in [-0.25, -0.2) is 0 Å². The SMILES string of the molecule is Br.CCCCCCCCCCCCCCn1c2c(c(=N)c3c1CCC3)CCCC2. The third-order valence-corrected chi connectivity index (χ3v) is 7.12. The topological polar surface area (TPSA) is 28.8 Å². The molecular weight excluding hydrogens is 420 g/mol. The van der Waals surface area contributed by atoms with Gasteiger partial charge in [0.25, 0.3) is 0 Å². The molecule has 0 spiro atoms. The highest BCUT2D eigenvalue weighted by atomic mass is 79.9. The molecule has 1 N–H and O–H groups in total. The van der Waals surface area contributed by atoms with Gasteiger partial charge in [-0.3, -0.25) is 0 Å². The molecule has 0 unspecified atom stereocenters. The lowest BCUT2D eigenvalue weighted by atomic mass is 9.92. The van der Waals surface area contributed by atoms with Crippen LogP contribution in [-0.4, -0.2) is 4.57 Å². The second kappa shape index (κ2) is 13.7. The highest BCUT2D eigenvalue weighted by Crippen LogP contribution is 2.27. The van der Waals surface area contributed by atoms with E-state index in [2.05, 4.69) is 11.5 Å². The molecule has 166 valence electrons. The van der Waals surface area contributed by atoms with Crippen LogP contribution < -0.4 is 5.36 Å². The van der Waals surface area contributed by atoms with Crippen molar-refractivity contribution >= 4 is 17.0 Å². The Balaban J connectivity index is 0.00000300. The van der Waals surface area contributed by atoms with Crippen molar-refractivity contribution in [3.63, 3.8) is 0 Å². The first-order valence-electron chi connectivity index (χ1n) is 12.6. The number of hydrogen-bond acceptors (Lipinski definition) is 1. The van der Waals surface area contributed by atoms with Gasteiger partial charge < -0.3 is 9.98 Å². The van der Waals surface area contributed by atoms with Crippen LogP contribution in [0.3, 0.4) is 0 Å². The molecule has 0 bridgehead atoms. The predicted molar refractivity (Wildman–Crippen MR) is 130 cm³/mol. The number of halogens is 1. The minimum Gasteiger partial charge on any atom is -0.348 e. The second-order valence-corrected chi connectivity index (χ2v) is 9.33. The van der Waals surface area contributed by atoms with Crippen LogP contribution in [0.2, 0.25) is 0 Å². The van der Waals surface area contributed by atoms with E-state index in [4.69, 9.17) is 5.41 Å². The summed E-state index contributed by atoms with van der Waals surface area (Å²) in [6.45, 7) is 3.51. The third-order valence-electron chi connectivity index (χ3n) is 7.12. The predicted octanol–water partition coefficient (Wildman–Crippen LogP) is 7.61. The average molecular weight is 466 g/mol. The maximum absolute atomic E-state index is 8.66. The third kappa shape index (κ3) is 6.97. The molecule has 0 radical (unpaired) electrons. The fraction of sp³-hybridized carbons (Fsp3) is 0.808. The molecular formula is C26H45BrN2. The van der Waals surface area contributed by atoms with Crippen LogP contribution >= 0.6 is 17.0 Å². The average Bonchev–Trinajstić information content (AvgIpc) is 3.21. The van der Waals surface area contributed by atoms with Gasteiger partial charge in [0.2, 0.25) is 0 Å². The lowest BCUT2D eigenvalue weighted by Gasteiger charge is -2.26. The number of nitrogens with zero attached hydrogens (tertiary/aromatic N) is 1. The Hall–Kier alpha value is -0.570. The van der Waals surface area contributed by atoms with E-state index in [0.29, 0.717) is 0 Å². The fourth-order valence-corrected chi connectivity index (χ4v) is 5.48. The summed E-state index contributed by atoms with van der Waals surface area (Å²) in [5.74, 6) is 0. The normalized spacial score (nSPS) is 15.1. The number of rotatable bonds is 13. The van der Waals surface area contributed by atoms with Crippen molar-refractivity contribution in [3.8, 4) is 0 Å². The summed E-state index contributed by atoms with van der Waals surface area (Å²) in [7, 11) is 0. The van der Waals surface area contributed by atoms with Crippen LogP contribution in [0.1, 0.15) is 126 Å². The van der Waals surface area contributed by atoms with Crippen LogP contribution in [0.4, 0.5) is 0 Å². The molecule has 0 saturated heterocycles. The summed E-state index contributed by atoms with van der Waals surface area (Å²) in [5, 5.41) is 9.58. The molecule has 2 aliphatic rings. The standard InChI is InChI=1S/C26H44N2.BrH/c1-2-3-4-5-6-7-8-9-10-11-12-15-21-28-24-19-14-13-17-22(24)26(27)23-18-16-20-25(23)28;/h27H,2-21H2,1H3;1H. The largest absolute Gasteiger partial charge is 0.348 e. The lowest BCUT2D eigenvalue weighted by Crippen LogP contribution is -2.27. The first-order chi connectivity index (χ1) is 13.8. The summed E-state index contributed by atoms with van der Waals surface area (Å²) in [5.41, 5.74) is 5.89. The number of pyridine rings is 1. The van der Waals surface area contributed by atoms with Gasteiger partial charge in [-0.15, -0.1) is 17.0 Å². The van der Waals surface area contributed by atoms with Crippen LogP contribution in [0.25, 0.3) is 0 Å². The molecule has 1 aromatic heterocycles. The van der Waals surface area contributed by atoms with Crippen LogP contribution in [0.15, 0.2) is 0 Å².